The lowest BCUT2D eigenvalue weighted by Crippen LogP contribution is -2.42. The number of hydrogen-bond donors (Lipinski definition) is 2. The smallest absolute Gasteiger partial charge is 0.183 e. The van der Waals surface area contributed by atoms with Gasteiger partial charge in [-0.25, -0.2) is 9.97 Å². The van der Waals surface area contributed by atoms with Crippen molar-refractivity contribution in [3.63, 3.8) is 0 Å². The molecule has 0 unspecified atom stereocenters. The maximum Gasteiger partial charge on any atom is 0.183 e. The zero-order valence-electron chi connectivity index (χ0n) is 15.6. The minimum atomic E-state index is 0.248. The molecule has 0 atom stereocenters. The van der Waals surface area contributed by atoms with Gasteiger partial charge in [0.1, 0.15) is 5.82 Å². The molecule has 0 radical (unpaired) electrons. The van der Waals surface area contributed by atoms with E-state index in [0.717, 1.165) is 68.2 Å². The Morgan fingerprint density at radius 3 is 2.81 bits per heavy atom. The second-order valence-electron chi connectivity index (χ2n) is 8.00. The van der Waals surface area contributed by atoms with Crippen LogP contribution < -0.4 is 15.5 Å². The van der Waals surface area contributed by atoms with Crippen molar-refractivity contribution in [1.29, 1.82) is 0 Å². The monoisotopic (exact) mass is 363 g/mol. The summed E-state index contributed by atoms with van der Waals surface area (Å²) in [4.78, 5) is 14.1. The number of rotatable bonds is 3. The van der Waals surface area contributed by atoms with Crippen molar-refractivity contribution in [3.05, 3.63) is 36.0 Å². The molecule has 27 heavy (non-hydrogen) atoms. The number of nitrogens with two attached hydrogens (primary N) is 1. The Kier molecular flexibility index (Phi) is 3.79. The SMILES string of the molecule is CC1(CN)CCN(c2cnc3c(N4CCc5ccccc54)n[nH]c3n2)CC1. The second kappa shape index (κ2) is 6.20. The third-order valence-corrected chi connectivity index (χ3v) is 6.17. The molecule has 3 N–H and O–H groups in total. The lowest BCUT2D eigenvalue weighted by Gasteiger charge is -2.39. The van der Waals surface area contributed by atoms with Gasteiger partial charge in [0.15, 0.2) is 17.0 Å². The van der Waals surface area contributed by atoms with E-state index in [-0.39, 0.29) is 5.41 Å². The summed E-state index contributed by atoms with van der Waals surface area (Å²) in [5.41, 5.74) is 10.3. The molecule has 2 aliphatic heterocycles. The zero-order valence-corrected chi connectivity index (χ0v) is 15.6. The van der Waals surface area contributed by atoms with Gasteiger partial charge in [-0.05, 0) is 42.9 Å². The number of piperidine rings is 1. The minimum absolute atomic E-state index is 0.248. The van der Waals surface area contributed by atoms with E-state index in [4.69, 9.17) is 15.7 Å². The number of nitrogens with zero attached hydrogens (tertiary/aromatic N) is 5. The van der Waals surface area contributed by atoms with Gasteiger partial charge in [-0.3, -0.25) is 5.10 Å². The summed E-state index contributed by atoms with van der Waals surface area (Å²) in [5.74, 6) is 1.78. The van der Waals surface area contributed by atoms with E-state index in [0.29, 0.717) is 0 Å². The highest BCUT2D eigenvalue weighted by molar-refractivity contribution is 5.88. The molecule has 1 fully saturated rings. The number of hydrogen-bond acceptors (Lipinski definition) is 6. The third-order valence-electron chi connectivity index (χ3n) is 6.17. The first kappa shape index (κ1) is 16.5. The van der Waals surface area contributed by atoms with Crippen LogP contribution in [0.15, 0.2) is 30.5 Å². The summed E-state index contributed by atoms with van der Waals surface area (Å²) in [6.45, 7) is 5.87. The molecule has 4 heterocycles. The molecule has 0 saturated carbocycles. The van der Waals surface area contributed by atoms with Crippen molar-refractivity contribution < 1.29 is 0 Å². The quantitative estimate of drug-likeness (QED) is 0.744. The molecule has 0 bridgehead atoms. The summed E-state index contributed by atoms with van der Waals surface area (Å²) < 4.78 is 0. The van der Waals surface area contributed by atoms with E-state index in [1.54, 1.807) is 0 Å². The van der Waals surface area contributed by atoms with E-state index >= 15 is 0 Å². The summed E-state index contributed by atoms with van der Waals surface area (Å²) in [7, 11) is 0. The molecular formula is C20H25N7. The van der Waals surface area contributed by atoms with E-state index in [9.17, 15) is 0 Å². The van der Waals surface area contributed by atoms with Crippen molar-refractivity contribution in [2.75, 3.05) is 36.0 Å². The molecule has 3 aromatic rings. The molecule has 1 aromatic carbocycles. The second-order valence-corrected chi connectivity index (χ2v) is 8.00. The van der Waals surface area contributed by atoms with Crippen molar-refractivity contribution >= 4 is 28.5 Å². The predicted molar refractivity (Wildman–Crippen MR) is 107 cm³/mol. The van der Waals surface area contributed by atoms with Gasteiger partial charge in [0.25, 0.3) is 0 Å². The van der Waals surface area contributed by atoms with Crippen molar-refractivity contribution in [2.45, 2.75) is 26.2 Å². The van der Waals surface area contributed by atoms with Crippen LogP contribution in [0.3, 0.4) is 0 Å². The van der Waals surface area contributed by atoms with Gasteiger partial charge >= 0.3 is 0 Å². The molecule has 1 saturated heterocycles. The summed E-state index contributed by atoms with van der Waals surface area (Å²) in [5, 5.41) is 7.63. The molecule has 5 rings (SSSR count). The molecule has 0 aliphatic carbocycles. The van der Waals surface area contributed by atoms with Crippen LogP contribution in [0.2, 0.25) is 0 Å². The number of anilines is 3. The maximum absolute atomic E-state index is 5.93. The summed E-state index contributed by atoms with van der Waals surface area (Å²) >= 11 is 0. The highest BCUT2D eigenvalue weighted by Crippen LogP contribution is 2.36. The highest BCUT2D eigenvalue weighted by atomic mass is 15.3. The number of aromatic nitrogens is 4. The number of H-pyrrole nitrogens is 1. The Morgan fingerprint density at radius 2 is 2.00 bits per heavy atom. The largest absolute Gasteiger partial charge is 0.355 e. The van der Waals surface area contributed by atoms with Gasteiger partial charge in [0.05, 0.1) is 6.20 Å². The summed E-state index contributed by atoms with van der Waals surface area (Å²) in [6, 6.07) is 8.48. The van der Waals surface area contributed by atoms with Crippen LogP contribution >= 0.6 is 0 Å². The fourth-order valence-electron chi connectivity index (χ4n) is 4.16. The van der Waals surface area contributed by atoms with E-state index in [1.807, 2.05) is 6.20 Å². The normalized spacial score (nSPS) is 18.9. The Hall–Kier alpha value is -2.67. The Labute approximate surface area is 158 Å². The fourth-order valence-corrected chi connectivity index (χ4v) is 4.16. The average Bonchev–Trinajstić information content (AvgIpc) is 3.32. The van der Waals surface area contributed by atoms with Crippen LogP contribution in [0.4, 0.5) is 17.3 Å². The van der Waals surface area contributed by atoms with Crippen LogP contribution in [-0.2, 0) is 6.42 Å². The molecule has 7 nitrogen and oxygen atoms in total. The number of nitrogens with one attached hydrogen (secondary N) is 1. The number of benzene rings is 1. The lowest BCUT2D eigenvalue weighted by atomic mass is 9.80. The topological polar surface area (TPSA) is 87.0 Å². The molecule has 0 amide bonds. The Bertz CT molecular complexity index is 971. The van der Waals surface area contributed by atoms with E-state index in [1.165, 1.54) is 11.3 Å². The molecule has 7 heteroatoms. The van der Waals surface area contributed by atoms with Crippen LogP contribution in [-0.4, -0.2) is 46.3 Å². The average molecular weight is 363 g/mol. The van der Waals surface area contributed by atoms with Crippen molar-refractivity contribution in [3.8, 4) is 0 Å². The van der Waals surface area contributed by atoms with Crippen molar-refractivity contribution in [1.82, 2.24) is 20.2 Å². The van der Waals surface area contributed by atoms with Crippen LogP contribution in [0, 0.1) is 5.41 Å². The Morgan fingerprint density at radius 1 is 1.19 bits per heavy atom. The molecule has 140 valence electrons. The van der Waals surface area contributed by atoms with Crippen LogP contribution in [0.1, 0.15) is 25.3 Å². The van der Waals surface area contributed by atoms with Gasteiger partial charge in [0, 0.05) is 25.3 Å². The van der Waals surface area contributed by atoms with Gasteiger partial charge in [-0.1, -0.05) is 25.1 Å². The zero-order chi connectivity index (χ0) is 18.4. The first-order valence-electron chi connectivity index (χ1n) is 9.68. The molecular weight excluding hydrogens is 338 g/mol. The van der Waals surface area contributed by atoms with E-state index in [2.05, 4.69) is 51.2 Å². The van der Waals surface area contributed by atoms with E-state index < -0.39 is 0 Å². The first-order valence-corrected chi connectivity index (χ1v) is 9.68. The maximum atomic E-state index is 5.93. The van der Waals surface area contributed by atoms with Crippen LogP contribution in [0.25, 0.3) is 11.2 Å². The van der Waals surface area contributed by atoms with Gasteiger partial charge in [-0.15, -0.1) is 0 Å². The van der Waals surface area contributed by atoms with Gasteiger partial charge in [-0.2, -0.15) is 5.10 Å². The number of fused-ring (bicyclic) bond motifs is 2. The molecule has 0 spiro atoms. The van der Waals surface area contributed by atoms with Gasteiger partial charge < -0.3 is 15.5 Å². The van der Waals surface area contributed by atoms with Gasteiger partial charge in [0.2, 0.25) is 0 Å². The Balaban J connectivity index is 1.43. The van der Waals surface area contributed by atoms with Crippen molar-refractivity contribution in [2.24, 2.45) is 11.1 Å². The fraction of sp³-hybridized carbons (Fsp3) is 0.450. The van der Waals surface area contributed by atoms with Crippen LogP contribution in [0.5, 0.6) is 0 Å². The number of aromatic amines is 1. The molecule has 2 aliphatic rings. The molecule has 2 aromatic heterocycles. The minimum Gasteiger partial charge on any atom is -0.355 e. The predicted octanol–water partition coefficient (Wildman–Crippen LogP) is 2.61. The third kappa shape index (κ3) is 2.73. The summed E-state index contributed by atoms with van der Waals surface area (Å²) in [6.07, 6.45) is 5.09. The lowest BCUT2D eigenvalue weighted by molar-refractivity contribution is 0.258. The first-order chi connectivity index (χ1) is 13.2. The standard InChI is InChI=1S/C20H25N7/c1-20(13-21)7-10-26(11-8-20)16-12-22-17-18(23-16)24-25-19(17)27-9-6-14-4-2-3-5-15(14)27/h2-5,12H,6-11,13,21H2,1H3,(H,23,24,25). The highest BCUT2D eigenvalue weighted by Gasteiger charge is 2.30. The number of para-hydroxylation sites is 1.